The van der Waals surface area contributed by atoms with Gasteiger partial charge in [0, 0.05) is 32.6 Å². The number of nitrogens with zero attached hydrogens (tertiary/aromatic N) is 1. The first-order valence-corrected chi connectivity index (χ1v) is 14.1. The smallest absolute Gasteiger partial charge is 0.197 e. The maximum Gasteiger partial charge on any atom is 0.197 e. The highest BCUT2D eigenvalue weighted by Gasteiger charge is 2.48. The van der Waals surface area contributed by atoms with E-state index in [1.54, 1.807) is 18.2 Å². The van der Waals surface area contributed by atoms with Crippen molar-refractivity contribution in [3.63, 3.8) is 0 Å². The van der Waals surface area contributed by atoms with Crippen LogP contribution in [0.3, 0.4) is 0 Å². The van der Waals surface area contributed by atoms with Crippen molar-refractivity contribution in [2.24, 2.45) is 0 Å². The topological polar surface area (TPSA) is 37.4 Å². The number of fused-ring (bicyclic) bond motifs is 4. The predicted molar refractivity (Wildman–Crippen MR) is 158 cm³/mol. The minimum atomic E-state index is -0.240. The molecule has 0 radical (unpaired) electrons. The zero-order chi connectivity index (χ0) is 26.7. The van der Waals surface area contributed by atoms with Gasteiger partial charge in [-0.15, -0.1) is 0 Å². The molecule has 0 atom stereocenters. The quantitative estimate of drug-likeness (QED) is 0.192. The van der Waals surface area contributed by atoms with E-state index in [0.29, 0.717) is 11.1 Å². The summed E-state index contributed by atoms with van der Waals surface area (Å²) >= 11 is 6.62. The highest BCUT2D eigenvalue weighted by atomic mass is 35.5. The van der Waals surface area contributed by atoms with Gasteiger partial charge in [0.05, 0.1) is 16.9 Å². The molecule has 39 heavy (non-hydrogen) atoms. The minimum Gasteiger partial charge on any atom is -0.312 e. The van der Waals surface area contributed by atoms with Gasteiger partial charge in [0.15, 0.2) is 11.6 Å². The van der Waals surface area contributed by atoms with Crippen molar-refractivity contribution in [1.29, 1.82) is 0 Å². The van der Waals surface area contributed by atoms with Gasteiger partial charge in [0.2, 0.25) is 0 Å². The second-order valence-corrected chi connectivity index (χ2v) is 11.4. The Kier molecular flexibility index (Phi) is 5.61. The van der Waals surface area contributed by atoms with Crippen LogP contribution in [0.1, 0.15) is 63.9 Å². The molecule has 3 nitrogen and oxygen atoms in total. The number of benzene rings is 4. The van der Waals surface area contributed by atoms with Crippen molar-refractivity contribution >= 4 is 45.3 Å². The molecule has 0 aromatic heterocycles. The summed E-state index contributed by atoms with van der Waals surface area (Å²) in [5, 5.41) is 3.07. The molecule has 1 heterocycles. The summed E-state index contributed by atoms with van der Waals surface area (Å²) in [6, 6.07) is 26.1. The molecule has 3 aliphatic rings. The number of halogens is 1. The molecule has 0 bridgehead atoms. The fourth-order valence-electron chi connectivity index (χ4n) is 6.97. The van der Waals surface area contributed by atoms with E-state index in [9.17, 15) is 9.59 Å². The summed E-state index contributed by atoms with van der Waals surface area (Å²) in [5.41, 5.74) is 6.75. The van der Waals surface area contributed by atoms with Crippen LogP contribution in [-0.2, 0) is 5.41 Å². The average molecular weight is 530 g/mol. The lowest BCUT2D eigenvalue weighted by molar-refractivity contribution is 0.0988. The Balaban J connectivity index is 1.50. The molecule has 1 saturated carbocycles. The van der Waals surface area contributed by atoms with Crippen LogP contribution in [0.4, 0.5) is 11.4 Å². The van der Waals surface area contributed by atoms with Crippen LogP contribution in [0.5, 0.6) is 0 Å². The molecule has 192 valence electrons. The molecule has 1 fully saturated rings. The minimum absolute atomic E-state index is 0.198. The summed E-state index contributed by atoms with van der Waals surface area (Å²) < 4.78 is 0. The molecule has 7 rings (SSSR count). The van der Waals surface area contributed by atoms with Gasteiger partial charge in [-0.1, -0.05) is 91.5 Å². The van der Waals surface area contributed by atoms with Gasteiger partial charge >= 0.3 is 0 Å². The number of carbonyl (C=O) groups is 2. The number of Topliss-reactive ketones (excluding diaryl/α,β-unsaturated/α-hetero) is 2. The fourth-order valence-corrected chi connectivity index (χ4v) is 7.14. The maximum atomic E-state index is 13.3. The second-order valence-electron chi connectivity index (χ2n) is 10.9. The third-order valence-corrected chi connectivity index (χ3v) is 9.03. The van der Waals surface area contributed by atoms with Gasteiger partial charge in [-0.25, -0.2) is 0 Å². The van der Waals surface area contributed by atoms with Crippen LogP contribution in [0.15, 0.2) is 102 Å². The number of ketones is 2. The number of allylic oxidation sites excluding steroid dienone is 4. The molecule has 4 aromatic carbocycles. The van der Waals surface area contributed by atoms with E-state index in [0.717, 1.165) is 47.8 Å². The molecular weight excluding hydrogens is 502 g/mol. The van der Waals surface area contributed by atoms with Crippen molar-refractivity contribution in [1.82, 2.24) is 0 Å². The van der Waals surface area contributed by atoms with E-state index in [2.05, 4.69) is 66.4 Å². The van der Waals surface area contributed by atoms with Crippen molar-refractivity contribution in [2.75, 3.05) is 4.90 Å². The number of rotatable bonds is 2. The third kappa shape index (κ3) is 3.57. The summed E-state index contributed by atoms with van der Waals surface area (Å²) in [4.78, 5) is 28.9. The summed E-state index contributed by atoms with van der Waals surface area (Å²) in [7, 11) is 0. The Morgan fingerprint density at radius 3 is 2.23 bits per heavy atom. The van der Waals surface area contributed by atoms with Gasteiger partial charge in [-0.2, -0.15) is 0 Å². The third-order valence-electron chi connectivity index (χ3n) is 8.79. The number of hydrogen-bond donors (Lipinski definition) is 0. The van der Waals surface area contributed by atoms with E-state index in [1.807, 2.05) is 18.2 Å². The first kappa shape index (κ1) is 24.1. The van der Waals surface area contributed by atoms with Gasteiger partial charge in [-0.05, 0) is 66.6 Å². The predicted octanol–water partition coefficient (Wildman–Crippen LogP) is 9.04. The molecular formula is C35H28ClNO2. The molecule has 0 amide bonds. The van der Waals surface area contributed by atoms with Gasteiger partial charge in [-0.3, -0.25) is 9.59 Å². The first-order valence-electron chi connectivity index (χ1n) is 13.7. The molecule has 0 N–H and O–H groups in total. The molecule has 4 heteroatoms. The van der Waals surface area contributed by atoms with Crippen LogP contribution in [-0.4, -0.2) is 11.6 Å². The van der Waals surface area contributed by atoms with Gasteiger partial charge < -0.3 is 4.90 Å². The van der Waals surface area contributed by atoms with Crippen LogP contribution in [0, 0.1) is 6.92 Å². The Morgan fingerprint density at radius 2 is 1.49 bits per heavy atom. The molecule has 1 aliphatic heterocycles. The monoisotopic (exact) mass is 529 g/mol. The SMILES string of the molecule is Cc1ccc2ccccc2c1N1/C(=C/C=C2C(=O)c3ccccc3C2=O)C2(CCCCC2)c2cc(Cl)ccc21. The van der Waals surface area contributed by atoms with Crippen molar-refractivity contribution < 1.29 is 9.59 Å². The lowest BCUT2D eigenvalue weighted by atomic mass is 9.68. The van der Waals surface area contributed by atoms with E-state index < -0.39 is 0 Å². The average Bonchev–Trinajstić information content (AvgIpc) is 3.35. The Hall–Kier alpha value is -3.95. The van der Waals surface area contributed by atoms with Crippen molar-refractivity contribution in [2.45, 2.75) is 44.4 Å². The van der Waals surface area contributed by atoms with E-state index in [1.165, 1.54) is 28.3 Å². The maximum absolute atomic E-state index is 13.3. The summed E-state index contributed by atoms with van der Waals surface area (Å²) in [5.74, 6) is -0.395. The highest BCUT2D eigenvalue weighted by molar-refractivity contribution is 6.39. The highest BCUT2D eigenvalue weighted by Crippen LogP contribution is 2.59. The molecule has 1 spiro atoms. The standard InChI is InChI=1S/C35H28ClNO2/c1-22-13-14-23-9-3-4-10-25(23)32(22)37-30-17-15-24(36)21-29(30)35(19-7-2-8-20-35)31(37)18-16-28-33(38)26-11-5-6-12-27(26)34(28)39/h3-6,9-18,21H,2,7-8,19-20H2,1H3/b31-18+. The number of hydrogen-bond acceptors (Lipinski definition) is 3. The normalized spacial score (nSPS) is 18.8. The Labute approximate surface area is 233 Å². The van der Waals surface area contributed by atoms with E-state index in [4.69, 9.17) is 11.6 Å². The Morgan fingerprint density at radius 1 is 0.795 bits per heavy atom. The van der Waals surface area contributed by atoms with Crippen molar-refractivity contribution in [3.05, 3.63) is 130 Å². The van der Waals surface area contributed by atoms with Crippen molar-refractivity contribution in [3.8, 4) is 0 Å². The van der Waals surface area contributed by atoms with Gasteiger partial charge in [0.1, 0.15) is 0 Å². The summed E-state index contributed by atoms with van der Waals surface area (Å²) in [6.07, 6.45) is 9.26. The summed E-state index contributed by atoms with van der Waals surface area (Å²) in [6.45, 7) is 2.15. The lowest BCUT2D eigenvalue weighted by Gasteiger charge is -2.37. The second kappa shape index (κ2) is 9.07. The number of anilines is 2. The van der Waals surface area contributed by atoms with Crippen LogP contribution in [0.25, 0.3) is 10.8 Å². The fraction of sp³-hybridized carbons (Fsp3) is 0.200. The van der Waals surface area contributed by atoms with Gasteiger partial charge in [0.25, 0.3) is 0 Å². The zero-order valence-corrected chi connectivity index (χ0v) is 22.6. The molecule has 4 aromatic rings. The lowest BCUT2D eigenvalue weighted by Crippen LogP contribution is -2.32. The number of aryl methyl sites for hydroxylation is 1. The molecule has 0 unspecified atom stereocenters. The first-order chi connectivity index (χ1) is 19.0. The van der Waals surface area contributed by atoms with E-state index in [-0.39, 0.29) is 22.6 Å². The van der Waals surface area contributed by atoms with Crippen LogP contribution in [0.2, 0.25) is 5.02 Å². The van der Waals surface area contributed by atoms with Crippen LogP contribution >= 0.6 is 11.6 Å². The molecule has 2 aliphatic carbocycles. The largest absolute Gasteiger partial charge is 0.312 e. The zero-order valence-electron chi connectivity index (χ0n) is 21.8. The Bertz CT molecular complexity index is 1720. The number of carbonyl (C=O) groups excluding carboxylic acids is 2. The van der Waals surface area contributed by atoms with Crippen LogP contribution < -0.4 is 4.90 Å². The van der Waals surface area contributed by atoms with E-state index >= 15 is 0 Å². The molecule has 0 saturated heterocycles.